The summed E-state index contributed by atoms with van der Waals surface area (Å²) < 4.78 is 34.1. The van der Waals surface area contributed by atoms with Gasteiger partial charge in [-0.05, 0) is 6.92 Å². The number of rotatable bonds is 4. The van der Waals surface area contributed by atoms with E-state index in [9.17, 15) is 13.2 Å². The molecular weight excluding hydrogens is 208 g/mol. The van der Waals surface area contributed by atoms with Crippen molar-refractivity contribution in [1.29, 1.82) is 0 Å². The van der Waals surface area contributed by atoms with Crippen LogP contribution < -0.4 is 0 Å². The Labute approximate surface area is 83.2 Å². The Morgan fingerprint density at radius 2 is 2.14 bits per heavy atom. The van der Waals surface area contributed by atoms with Crippen LogP contribution in [-0.2, 0) is 19.6 Å². The van der Waals surface area contributed by atoms with Gasteiger partial charge in [-0.1, -0.05) is 12.8 Å². The van der Waals surface area contributed by atoms with E-state index in [4.69, 9.17) is 4.55 Å². The second-order valence-corrected chi connectivity index (χ2v) is 3.97. The van der Waals surface area contributed by atoms with Crippen LogP contribution in [0.2, 0.25) is 0 Å². The molecule has 0 aromatic carbocycles. The molecule has 0 bridgehead atoms. The Balaban J connectivity index is 4.44. The largest absolute Gasteiger partial charge is 0.448 e. The van der Waals surface area contributed by atoms with Crippen molar-refractivity contribution in [2.75, 3.05) is 5.75 Å². The first kappa shape index (κ1) is 12.9. The molecule has 1 N–H and O–H groups in total. The predicted molar refractivity (Wildman–Crippen MR) is 50.0 cm³/mol. The highest BCUT2D eigenvalue weighted by atomic mass is 32.2. The minimum atomic E-state index is -4.18. The molecule has 0 aliphatic rings. The normalized spacial score (nSPS) is 12.5. The zero-order valence-corrected chi connectivity index (χ0v) is 8.80. The Morgan fingerprint density at radius 1 is 1.57 bits per heavy atom. The quantitative estimate of drug-likeness (QED) is 0.416. The molecule has 0 radical (unpaired) electrons. The van der Waals surface area contributed by atoms with Gasteiger partial charge in [0.15, 0.2) is 6.10 Å². The summed E-state index contributed by atoms with van der Waals surface area (Å²) in [7, 11) is -4.18. The third-order valence-electron chi connectivity index (χ3n) is 1.23. The first-order chi connectivity index (χ1) is 6.39. The van der Waals surface area contributed by atoms with Gasteiger partial charge in [0.1, 0.15) is 5.75 Å². The minimum Gasteiger partial charge on any atom is -0.448 e. The van der Waals surface area contributed by atoms with Gasteiger partial charge in [-0.3, -0.25) is 9.35 Å². The lowest BCUT2D eigenvalue weighted by Crippen LogP contribution is -2.25. The number of hydrogen-bond acceptors (Lipinski definition) is 4. The maximum atomic E-state index is 10.8. The summed E-state index contributed by atoms with van der Waals surface area (Å²) in [6, 6.07) is 0. The van der Waals surface area contributed by atoms with Crippen LogP contribution >= 0.6 is 0 Å². The Bertz CT molecular complexity index is 346. The molecule has 0 saturated carbocycles. The van der Waals surface area contributed by atoms with Crippen molar-refractivity contribution >= 4 is 16.1 Å². The molecule has 0 spiro atoms. The molecule has 0 heterocycles. The van der Waals surface area contributed by atoms with Crippen molar-refractivity contribution in [2.45, 2.75) is 26.4 Å². The molecule has 0 saturated heterocycles. The molecule has 80 valence electrons. The molecule has 14 heavy (non-hydrogen) atoms. The first-order valence-corrected chi connectivity index (χ1v) is 5.57. The van der Waals surface area contributed by atoms with Crippen LogP contribution in [0.1, 0.15) is 20.3 Å². The third kappa shape index (κ3) is 6.46. The van der Waals surface area contributed by atoms with E-state index >= 15 is 0 Å². The van der Waals surface area contributed by atoms with Crippen molar-refractivity contribution in [3.63, 3.8) is 0 Å². The van der Waals surface area contributed by atoms with Gasteiger partial charge in [0.05, 0.1) is 0 Å². The van der Waals surface area contributed by atoms with Crippen molar-refractivity contribution < 1.29 is 22.5 Å². The average molecular weight is 220 g/mol. The van der Waals surface area contributed by atoms with E-state index in [0.717, 1.165) is 0 Å². The van der Waals surface area contributed by atoms with E-state index in [1.165, 1.54) is 6.92 Å². The zero-order valence-electron chi connectivity index (χ0n) is 7.98. The minimum absolute atomic E-state index is 0.132. The van der Waals surface area contributed by atoms with Crippen molar-refractivity contribution in [2.24, 2.45) is 0 Å². The molecule has 0 aliphatic heterocycles. The van der Waals surface area contributed by atoms with Crippen LogP contribution in [0.25, 0.3) is 0 Å². The van der Waals surface area contributed by atoms with Gasteiger partial charge in [-0.15, -0.1) is 5.92 Å². The van der Waals surface area contributed by atoms with Gasteiger partial charge >= 0.3 is 5.97 Å². The second kappa shape index (κ2) is 5.62. The maximum absolute atomic E-state index is 10.8. The fourth-order valence-electron chi connectivity index (χ4n) is 0.699. The fourth-order valence-corrected chi connectivity index (χ4v) is 1.23. The molecule has 0 aromatic rings. The topological polar surface area (TPSA) is 80.7 Å². The summed E-state index contributed by atoms with van der Waals surface area (Å²) in [5, 5.41) is 0. The number of carbonyl (C=O) groups is 1. The molecular formula is C8H12O5S. The second-order valence-electron chi connectivity index (χ2n) is 2.47. The summed E-state index contributed by atoms with van der Waals surface area (Å²) in [6.45, 7) is 3.06. The third-order valence-corrected chi connectivity index (χ3v) is 1.95. The monoisotopic (exact) mass is 220 g/mol. The molecule has 0 fully saturated rings. The van der Waals surface area contributed by atoms with Gasteiger partial charge in [0.2, 0.25) is 0 Å². The average Bonchev–Trinajstić information content (AvgIpc) is 2.01. The predicted octanol–water partition coefficient (Wildman–Crippen LogP) is 0.219. The summed E-state index contributed by atoms with van der Waals surface area (Å²) >= 11 is 0. The number of ether oxygens (including phenoxy) is 1. The number of esters is 1. The molecule has 0 aliphatic carbocycles. The standard InChI is InChI=1S/C8H12O5S/c1-3-5-7(6-14(10,11)12)13-8(9)4-2/h7H,4,6H2,1-2H3,(H,10,11,12). The zero-order chi connectivity index (χ0) is 11.2. The summed E-state index contributed by atoms with van der Waals surface area (Å²) in [5.74, 6) is 3.54. The van der Waals surface area contributed by atoms with Crippen LogP contribution in [-0.4, -0.2) is 30.8 Å². The molecule has 6 heteroatoms. The lowest BCUT2D eigenvalue weighted by Gasteiger charge is -2.09. The number of hydrogen-bond donors (Lipinski definition) is 1. The summed E-state index contributed by atoms with van der Waals surface area (Å²) in [6.07, 6.45) is -0.963. The van der Waals surface area contributed by atoms with E-state index in [1.54, 1.807) is 6.92 Å². The molecule has 0 aromatic heterocycles. The van der Waals surface area contributed by atoms with E-state index in [0.29, 0.717) is 0 Å². The smallest absolute Gasteiger partial charge is 0.306 e. The van der Waals surface area contributed by atoms with Crippen LogP contribution in [0.4, 0.5) is 0 Å². The van der Waals surface area contributed by atoms with E-state index in [-0.39, 0.29) is 6.42 Å². The SMILES string of the molecule is CC#CC(CS(=O)(=O)O)OC(=O)CC. The van der Waals surface area contributed by atoms with Gasteiger partial charge < -0.3 is 4.74 Å². The first-order valence-electron chi connectivity index (χ1n) is 3.96. The van der Waals surface area contributed by atoms with Crippen molar-refractivity contribution in [3.8, 4) is 11.8 Å². The molecule has 1 atom stereocenters. The molecule has 0 rings (SSSR count). The highest BCUT2D eigenvalue weighted by molar-refractivity contribution is 7.85. The molecule has 0 amide bonds. The fraction of sp³-hybridized carbons (Fsp3) is 0.625. The molecule has 1 unspecified atom stereocenters. The van der Waals surface area contributed by atoms with Gasteiger partial charge in [-0.2, -0.15) is 8.42 Å². The summed E-state index contributed by atoms with van der Waals surface area (Å²) in [4.78, 5) is 10.8. The highest BCUT2D eigenvalue weighted by Crippen LogP contribution is 1.98. The van der Waals surface area contributed by atoms with Crippen LogP contribution in [0.3, 0.4) is 0 Å². The molecule has 5 nitrogen and oxygen atoms in total. The van der Waals surface area contributed by atoms with E-state index in [2.05, 4.69) is 16.6 Å². The Hall–Kier alpha value is -1.06. The lowest BCUT2D eigenvalue weighted by molar-refractivity contribution is -0.145. The number of carbonyl (C=O) groups excluding carboxylic acids is 1. The maximum Gasteiger partial charge on any atom is 0.306 e. The van der Waals surface area contributed by atoms with Gasteiger partial charge in [-0.25, -0.2) is 0 Å². The van der Waals surface area contributed by atoms with Crippen molar-refractivity contribution in [1.82, 2.24) is 0 Å². The van der Waals surface area contributed by atoms with Gasteiger partial charge in [0.25, 0.3) is 10.1 Å². The van der Waals surface area contributed by atoms with E-state index in [1.807, 2.05) is 0 Å². The highest BCUT2D eigenvalue weighted by Gasteiger charge is 2.17. The van der Waals surface area contributed by atoms with Crippen LogP contribution in [0.15, 0.2) is 0 Å². The Morgan fingerprint density at radius 3 is 2.50 bits per heavy atom. The van der Waals surface area contributed by atoms with E-state index < -0.39 is 27.9 Å². The Kier molecular flexibility index (Phi) is 5.20. The van der Waals surface area contributed by atoms with Crippen LogP contribution in [0.5, 0.6) is 0 Å². The van der Waals surface area contributed by atoms with Gasteiger partial charge in [0, 0.05) is 6.42 Å². The lowest BCUT2D eigenvalue weighted by atomic mass is 10.4. The summed E-state index contributed by atoms with van der Waals surface area (Å²) in [5.41, 5.74) is 0. The van der Waals surface area contributed by atoms with Crippen molar-refractivity contribution in [3.05, 3.63) is 0 Å². The van der Waals surface area contributed by atoms with Crippen LogP contribution in [0, 0.1) is 11.8 Å².